The summed E-state index contributed by atoms with van der Waals surface area (Å²) in [4.78, 5) is 9.16. The molecule has 0 aliphatic carbocycles. The van der Waals surface area contributed by atoms with Gasteiger partial charge >= 0.3 is 30.2 Å². The second-order valence-electron chi connectivity index (χ2n) is 14.9. The summed E-state index contributed by atoms with van der Waals surface area (Å²) in [5, 5.41) is 8.48. The van der Waals surface area contributed by atoms with Crippen molar-refractivity contribution < 1.29 is 23.3 Å². The third kappa shape index (κ3) is 11.5. The Morgan fingerprint density at radius 1 is 0.560 bits per heavy atom. The van der Waals surface area contributed by atoms with E-state index < -0.39 is 16.1 Å². The molecule has 0 saturated heterocycles. The van der Waals surface area contributed by atoms with Crippen LogP contribution in [0.15, 0.2) is 97.3 Å². The van der Waals surface area contributed by atoms with Gasteiger partial charge in [-0.3, -0.25) is 9.97 Å². The van der Waals surface area contributed by atoms with Gasteiger partial charge in [0.2, 0.25) is 0 Å². The third-order valence-corrected chi connectivity index (χ3v) is 12.7. The van der Waals surface area contributed by atoms with Crippen LogP contribution < -0.4 is 10.4 Å². The first-order valence-corrected chi connectivity index (χ1v) is 27.5. The Hall–Kier alpha value is -1.93. The normalized spacial score (nSPS) is 10.9. The van der Waals surface area contributed by atoms with Crippen molar-refractivity contribution in [2.24, 2.45) is 0 Å². The molecule has 0 aliphatic rings. The molecule has 6 aromatic rings. The zero-order chi connectivity index (χ0) is 33.8. The van der Waals surface area contributed by atoms with Crippen LogP contribution in [-0.4, -0.2) is 33.0 Å². The Labute approximate surface area is 335 Å². The first-order valence-electron chi connectivity index (χ1n) is 16.3. The fraction of sp³-hybridized carbons (Fsp3) is 0.286. The second-order valence-corrected chi connectivity index (χ2v) is 25.0. The van der Waals surface area contributed by atoms with Crippen molar-refractivity contribution in [1.29, 1.82) is 0 Å². The molecule has 0 saturated carbocycles. The van der Waals surface area contributed by atoms with Gasteiger partial charge < -0.3 is 14.9 Å². The van der Waals surface area contributed by atoms with Crippen LogP contribution in [0.25, 0.3) is 44.1 Å². The van der Waals surface area contributed by atoms with E-state index in [4.69, 9.17) is 0 Å². The summed E-state index contributed by atoms with van der Waals surface area (Å²) in [7, 11) is -2.61. The van der Waals surface area contributed by atoms with E-state index in [1.807, 2.05) is 24.5 Å². The molecule has 2 heterocycles. The summed E-state index contributed by atoms with van der Waals surface area (Å²) in [6, 6.07) is 31.3. The van der Waals surface area contributed by atoms with E-state index in [1.165, 1.54) is 77.5 Å². The van der Waals surface area contributed by atoms with E-state index in [2.05, 4.69) is 157 Å². The average molecular weight is 835 g/mol. The minimum atomic E-state index is -1.31. The van der Waals surface area contributed by atoms with Gasteiger partial charge in [-0.05, 0) is 47.2 Å². The molecular weight excluding hydrogens is 779 g/mol. The number of benzene rings is 2. The van der Waals surface area contributed by atoms with Crippen molar-refractivity contribution >= 4 is 79.8 Å². The molecule has 0 N–H and O–H groups in total. The fourth-order valence-corrected chi connectivity index (χ4v) is 8.02. The van der Waals surface area contributed by atoms with E-state index >= 15 is 0 Å². The predicted molar refractivity (Wildman–Crippen MR) is 233 cm³/mol. The van der Waals surface area contributed by atoms with E-state index in [0.717, 1.165) is 11.4 Å². The Morgan fingerprint density at radius 2 is 0.900 bits per heavy atom. The molecule has 2 aromatic heterocycles. The third-order valence-electron chi connectivity index (χ3n) is 8.64. The van der Waals surface area contributed by atoms with Crippen LogP contribution in [0, 0.1) is 14.9 Å². The van der Waals surface area contributed by atoms with Gasteiger partial charge in [0.1, 0.15) is 0 Å². The number of halogens is 2. The standard InChI is InChI=1S/2C20H24NSi.2CH3.2ClH.Si.Zr/c2*1-14(2)15-10-16-11-17(22(3,4)5)13-18(16)19(12-15)20-8-6-7-9-21-20;;;;;;/h2*6-14H,1-5H3;2*1H3;2*1H;;/q4*-1;;;;. The molecule has 0 unspecified atom stereocenters. The SMILES string of the molecule is CC(C)c1cc(-c2ccccn2)c2cc([Si](C)(C)C)[cH-]c2c1.CC(C)c1cc(-c2ccccn2)c2cc([Si](C)(C)C)[cH-]c2c1.Cl.Cl.[CH3-].[CH3-].[Si]=[Zr]. The molecule has 8 heteroatoms. The summed E-state index contributed by atoms with van der Waals surface area (Å²) < 4.78 is 0. The van der Waals surface area contributed by atoms with Crippen LogP contribution in [-0.2, 0) is 23.3 Å². The first kappa shape index (κ1) is 48.1. The molecule has 2 nitrogen and oxygen atoms in total. The summed E-state index contributed by atoms with van der Waals surface area (Å²) >= 11 is 1.36. The van der Waals surface area contributed by atoms with Gasteiger partial charge in [0, 0.05) is 12.4 Å². The maximum absolute atomic E-state index is 4.58. The first-order chi connectivity index (χ1) is 21.7. The van der Waals surface area contributed by atoms with Gasteiger partial charge in [0.05, 0.1) is 27.5 Å². The van der Waals surface area contributed by atoms with Crippen molar-refractivity contribution in [1.82, 2.24) is 9.97 Å². The number of hydrogen-bond acceptors (Lipinski definition) is 2. The average Bonchev–Trinajstić information content (AvgIpc) is 3.67. The molecule has 0 bridgehead atoms. The molecule has 0 atom stereocenters. The van der Waals surface area contributed by atoms with E-state index in [0.29, 0.717) is 11.8 Å². The summed E-state index contributed by atoms with van der Waals surface area (Å²) in [6.07, 6.45) is 3.76. The van der Waals surface area contributed by atoms with Crippen molar-refractivity contribution in [2.45, 2.75) is 78.8 Å². The monoisotopic (exact) mass is 832 g/mol. The molecule has 0 aliphatic heterocycles. The summed E-state index contributed by atoms with van der Waals surface area (Å²) in [5.74, 6) is 1.05. The maximum atomic E-state index is 4.58. The van der Waals surface area contributed by atoms with Crippen LogP contribution in [0.1, 0.15) is 50.7 Å². The van der Waals surface area contributed by atoms with Gasteiger partial charge in [-0.25, -0.2) is 0 Å². The second kappa shape index (κ2) is 20.4. The van der Waals surface area contributed by atoms with Crippen LogP contribution in [0.3, 0.4) is 0 Å². The molecule has 50 heavy (non-hydrogen) atoms. The molecule has 268 valence electrons. The van der Waals surface area contributed by atoms with Gasteiger partial charge in [-0.1, -0.05) is 102 Å². The number of aromatic nitrogens is 2. The molecule has 4 aromatic carbocycles. The number of nitrogens with zero attached hydrogens (tertiary/aromatic N) is 2. The Bertz CT molecular complexity index is 1760. The number of fused-ring (bicyclic) bond motifs is 2. The Kier molecular flexibility index (Phi) is 19.6. The fourth-order valence-electron chi connectivity index (χ4n) is 5.69. The minimum absolute atomic E-state index is 0. The van der Waals surface area contributed by atoms with Crippen molar-refractivity contribution in [3.8, 4) is 22.5 Å². The Morgan fingerprint density at radius 3 is 1.16 bits per heavy atom. The van der Waals surface area contributed by atoms with E-state index in [1.54, 1.807) is 0 Å². The van der Waals surface area contributed by atoms with Crippen LogP contribution in [0.5, 0.6) is 0 Å². The molecule has 0 spiro atoms. The molecular formula is C42H56Cl2N2Si3Zr-4. The van der Waals surface area contributed by atoms with Crippen molar-refractivity contribution in [2.75, 3.05) is 0 Å². The molecule has 2 radical (unpaired) electrons. The van der Waals surface area contributed by atoms with E-state index in [9.17, 15) is 0 Å². The van der Waals surface area contributed by atoms with Gasteiger partial charge in [0.25, 0.3) is 0 Å². The van der Waals surface area contributed by atoms with Crippen molar-refractivity contribution in [3.05, 3.63) is 123 Å². The van der Waals surface area contributed by atoms with Gasteiger partial charge in [-0.15, -0.1) is 81.0 Å². The summed E-state index contributed by atoms with van der Waals surface area (Å²) in [5.41, 5.74) is 7.46. The molecule has 6 rings (SSSR count). The summed E-state index contributed by atoms with van der Waals surface area (Å²) in [6.45, 7) is 26.5. The van der Waals surface area contributed by atoms with Crippen LogP contribution in [0.4, 0.5) is 0 Å². The molecule has 0 fully saturated rings. The van der Waals surface area contributed by atoms with Gasteiger partial charge in [-0.2, -0.15) is 12.1 Å². The number of hydrogen-bond donors (Lipinski definition) is 0. The molecule has 0 amide bonds. The van der Waals surface area contributed by atoms with Crippen molar-refractivity contribution in [3.63, 3.8) is 0 Å². The van der Waals surface area contributed by atoms with Crippen LogP contribution in [0.2, 0.25) is 39.3 Å². The van der Waals surface area contributed by atoms with Gasteiger partial charge in [0.15, 0.2) is 0 Å². The number of pyridine rings is 2. The number of rotatable bonds is 6. The zero-order valence-corrected chi connectivity index (χ0v) is 39.2. The van der Waals surface area contributed by atoms with E-state index in [-0.39, 0.29) is 39.7 Å². The predicted octanol–water partition coefficient (Wildman–Crippen LogP) is 11.9. The Balaban J connectivity index is 0.000000850. The topological polar surface area (TPSA) is 25.8 Å². The van der Waals surface area contributed by atoms with Crippen LogP contribution >= 0.6 is 24.8 Å². The quantitative estimate of drug-likeness (QED) is 0.123. The zero-order valence-electron chi connectivity index (χ0n) is 32.1.